The van der Waals surface area contributed by atoms with Gasteiger partial charge in [0.05, 0.1) is 11.2 Å². The Labute approximate surface area is 150 Å². The van der Waals surface area contributed by atoms with Crippen molar-refractivity contribution in [3.63, 3.8) is 0 Å². The number of ether oxygens (including phenoxy) is 1. The fraction of sp³-hybridized carbons (Fsp3) is 0.333. The Kier molecular flexibility index (Phi) is 5.50. The molecule has 0 aliphatic carbocycles. The maximum atomic E-state index is 13.3. The van der Waals surface area contributed by atoms with E-state index in [9.17, 15) is 14.3 Å². The lowest BCUT2D eigenvalue weighted by molar-refractivity contribution is -0.144. The summed E-state index contributed by atoms with van der Waals surface area (Å²) in [6.45, 7) is 1.13. The first-order valence-corrected chi connectivity index (χ1v) is 8.41. The second-order valence-corrected chi connectivity index (χ2v) is 6.36. The molecule has 1 atom stereocenters. The molecule has 1 aliphatic rings. The number of rotatable bonds is 5. The van der Waals surface area contributed by atoms with E-state index in [4.69, 9.17) is 16.3 Å². The number of carboxylic acid groups (broad SMARTS) is 1. The standard InChI is InChI=1S/C18H18ClFN2O3/c19-15-10-12(3-4-16(15)20)17(18(23)24)22-8-5-13(6-9-22)25-14-2-1-7-21-11-14/h1-4,7,10-11,13,17H,5-6,8-9H2,(H,23,24)/t17-/m1/s1. The van der Waals surface area contributed by atoms with Crippen LogP contribution in [0.3, 0.4) is 0 Å². The van der Waals surface area contributed by atoms with E-state index in [0.29, 0.717) is 37.2 Å². The normalized spacial score (nSPS) is 17.2. The largest absolute Gasteiger partial charge is 0.489 e. The van der Waals surface area contributed by atoms with Gasteiger partial charge in [-0.2, -0.15) is 0 Å². The minimum Gasteiger partial charge on any atom is -0.489 e. The zero-order valence-electron chi connectivity index (χ0n) is 13.4. The molecular weight excluding hydrogens is 347 g/mol. The van der Waals surface area contributed by atoms with Crippen LogP contribution < -0.4 is 4.74 Å². The Hall–Kier alpha value is -2.18. The van der Waals surface area contributed by atoms with Crippen LogP contribution in [0.2, 0.25) is 5.02 Å². The van der Waals surface area contributed by atoms with Crippen molar-refractivity contribution in [2.24, 2.45) is 0 Å². The number of hydrogen-bond acceptors (Lipinski definition) is 4. The van der Waals surface area contributed by atoms with E-state index in [2.05, 4.69) is 4.98 Å². The molecule has 1 aromatic heterocycles. The molecule has 1 aliphatic heterocycles. The van der Waals surface area contributed by atoms with Crippen LogP contribution in [0, 0.1) is 5.82 Å². The van der Waals surface area contributed by atoms with Gasteiger partial charge in [-0.05, 0) is 42.7 Å². The van der Waals surface area contributed by atoms with Gasteiger partial charge < -0.3 is 9.84 Å². The number of aliphatic carboxylic acids is 1. The van der Waals surface area contributed by atoms with Crippen molar-refractivity contribution in [2.45, 2.75) is 25.0 Å². The van der Waals surface area contributed by atoms with Gasteiger partial charge in [-0.1, -0.05) is 17.7 Å². The molecule has 2 aromatic rings. The van der Waals surface area contributed by atoms with Gasteiger partial charge in [0, 0.05) is 19.3 Å². The number of nitrogens with zero attached hydrogens (tertiary/aromatic N) is 2. The summed E-state index contributed by atoms with van der Waals surface area (Å²) in [5.41, 5.74) is 0.477. The highest BCUT2D eigenvalue weighted by atomic mass is 35.5. The molecule has 3 rings (SSSR count). The Bertz CT molecular complexity index is 736. The van der Waals surface area contributed by atoms with Crippen LogP contribution in [-0.4, -0.2) is 40.2 Å². The van der Waals surface area contributed by atoms with E-state index >= 15 is 0 Å². The second-order valence-electron chi connectivity index (χ2n) is 5.96. The van der Waals surface area contributed by atoms with Crippen LogP contribution in [0.5, 0.6) is 5.75 Å². The van der Waals surface area contributed by atoms with Crippen molar-refractivity contribution in [2.75, 3.05) is 13.1 Å². The number of carboxylic acids is 1. The molecule has 0 amide bonds. The van der Waals surface area contributed by atoms with Crippen LogP contribution in [-0.2, 0) is 4.79 Å². The van der Waals surface area contributed by atoms with Gasteiger partial charge in [0.2, 0.25) is 0 Å². The number of hydrogen-bond donors (Lipinski definition) is 1. The molecule has 0 radical (unpaired) electrons. The Morgan fingerprint density at radius 3 is 2.72 bits per heavy atom. The first-order valence-electron chi connectivity index (χ1n) is 8.03. The van der Waals surface area contributed by atoms with Crippen LogP contribution >= 0.6 is 11.6 Å². The number of likely N-dealkylation sites (tertiary alicyclic amines) is 1. The highest BCUT2D eigenvalue weighted by Gasteiger charge is 2.32. The van der Waals surface area contributed by atoms with Crippen LogP contribution in [0.4, 0.5) is 4.39 Å². The summed E-state index contributed by atoms with van der Waals surface area (Å²) < 4.78 is 19.2. The smallest absolute Gasteiger partial charge is 0.325 e. The minimum atomic E-state index is -0.977. The average Bonchev–Trinajstić information content (AvgIpc) is 2.60. The topological polar surface area (TPSA) is 62.7 Å². The fourth-order valence-corrected chi connectivity index (χ4v) is 3.24. The van der Waals surface area contributed by atoms with Gasteiger partial charge in [-0.15, -0.1) is 0 Å². The zero-order valence-corrected chi connectivity index (χ0v) is 14.2. The van der Waals surface area contributed by atoms with Crippen molar-refractivity contribution < 1.29 is 19.0 Å². The summed E-state index contributed by atoms with van der Waals surface area (Å²) >= 11 is 5.80. The monoisotopic (exact) mass is 364 g/mol. The third-order valence-corrected chi connectivity index (χ3v) is 4.56. The molecule has 1 N–H and O–H groups in total. The van der Waals surface area contributed by atoms with E-state index in [1.165, 1.54) is 18.2 Å². The summed E-state index contributed by atoms with van der Waals surface area (Å²) in [7, 11) is 0. The van der Waals surface area contributed by atoms with Crippen molar-refractivity contribution >= 4 is 17.6 Å². The molecule has 132 valence electrons. The molecule has 7 heteroatoms. The molecule has 1 aromatic carbocycles. The molecule has 1 fully saturated rings. The Morgan fingerprint density at radius 1 is 1.36 bits per heavy atom. The van der Waals surface area contributed by atoms with Crippen molar-refractivity contribution in [3.05, 3.63) is 59.1 Å². The molecule has 0 spiro atoms. The number of benzene rings is 1. The number of pyridine rings is 1. The lowest BCUT2D eigenvalue weighted by atomic mass is 10.0. The molecule has 0 saturated carbocycles. The van der Waals surface area contributed by atoms with E-state index in [1.807, 2.05) is 17.0 Å². The van der Waals surface area contributed by atoms with Crippen molar-refractivity contribution in [1.29, 1.82) is 0 Å². The highest BCUT2D eigenvalue weighted by molar-refractivity contribution is 6.30. The summed E-state index contributed by atoms with van der Waals surface area (Å²) in [6.07, 6.45) is 4.77. The van der Waals surface area contributed by atoms with E-state index in [-0.39, 0.29) is 11.1 Å². The first-order chi connectivity index (χ1) is 12.0. The molecule has 0 bridgehead atoms. The lowest BCUT2D eigenvalue weighted by Crippen LogP contribution is -2.43. The summed E-state index contributed by atoms with van der Waals surface area (Å²) in [4.78, 5) is 17.6. The molecule has 2 heterocycles. The third kappa shape index (κ3) is 4.27. The van der Waals surface area contributed by atoms with Crippen molar-refractivity contribution in [1.82, 2.24) is 9.88 Å². The predicted molar refractivity (Wildman–Crippen MR) is 91.2 cm³/mol. The Morgan fingerprint density at radius 2 is 2.12 bits per heavy atom. The quantitative estimate of drug-likeness (QED) is 0.879. The van der Waals surface area contributed by atoms with Crippen LogP contribution in [0.15, 0.2) is 42.7 Å². The summed E-state index contributed by atoms with van der Waals surface area (Å²) in [5.74, 6) is -0.825. The molecule has 5 nitrogen and oxygen atoms in total. The van der Waals surface area contributed by atoms with Gasteiger partial charge in [0.1, 0.15) is 23.7 Å². The Balaban J connectivity index is 1.66. The summed E-state index contributed by atoms with van der Waals surface area (Å²) in [6, 6.07) is 6.86. The van der Waals surface area contributed by atoms with Crippen LogP contribution in [0.1, 0.15) is 24.4 Å². The molecule has 1 saturated heterocycles. The average molecular weight is 365 g/mol. The van der Waals surface area contributed by atoms with E-state index in [1.54, 1.807) is 12.4 Å². The number of halogens is 2. The van der Waals surface area contributed by atoms with Gasteiger partial charge >= 0.3 is 5.97 Å². The predicted octanol–water partition coefficient (Wildman–Crippen LogP) is 3.54. The highest BCUT2D eigenvalue weighted by Crippen LogP contribution is 2.29. The fourth-order valence-electron chi connectivity index (χ4n) is 3.05. The number of piperidine rings is 1. The van der Waals surface area contributed by atoms with E-state index in [0.717, 1.165) is 0 Å². The van der Waals surface area contributed by atoms with Crippen molar-refractivity contribution in [3.8, 4) is 5.75 Å². The minimum absolute atomic E-state index is 0.0201. The number of carbonyl (C=O) groups is 1. The van der Waals surface area contributed by atoms with Gasteiger partial charge in [0.25, 0.3) is 0 Å². The van der Waals surface area contributed by atoms with Gasteiger partial charge in [-0.25, -0.2) is 4.39 Å². The zero-order chi connectivity index (χ0) is 17.8. The van der Waals surface area contributed by atoms with E-state index < -0.39 is 17.8 Å². The third-order valence-electron chi connectivity index (χ3n) is 4.27. The van der Waals surface area contributed by atoms with Crippen LogP contribution in [0.25, 0.3) is 0 Å². The number of aromatic nitrogens is 1. The van der Waals surface area contributed by atoms with Gasteiger partial charge in [0.15, 0.2) is 0 Å². The molecule has 25 heavy (non-hydrogen) atoms. The summed E-state index contributed by atoms with van der Waals surface area (Å²) in [5, 5.41) is 9.55. The lowest BCUT2D eigenvalue weighted by Gasteiger charge is -2.35. The first kappa shape index (κ1) is 17.6. The maximum absolute atomic E-state index is 13.3. The maximum Gasteiger partial charge on any atom is 0.325 e. The molecular formula is C18H18ClFN2O3. The second kappa shape index (κ2) is 7.80. The SMILES string of the molecule is O=C(O)[C@@H](c1ccc(F)c(Cl)c1)N1CCC(Oc2cccnc2)CC1. The molecule has 0 unspecified atom stereocenters. The van der Waals surface area contributed by atoms with Gasteiger partial charge in [-0.3, -0.25) is 14.7 Å².